The molecule has 1 heterocycles. The molecular formula is C16H20N2O2. The lowest BCUT2D eigenvalue weighted by Gasteiger charge is -2.36. The van der Waals surface area contributed by atoms with Crippen LogP contribution < -0.4 is 5.32 Å². The second-order valence-corrected chi connectivity index (χ2v) is 5.64. The molecule has 2 aliphatic rings. The van der Waals surface area contributed by atoms with E-state index in [1.54, 1.807) is 0 Å². The molecule has 1 N–H and O–H groups in total. The molecule has 3 rings (SSSR count). The van der Waals surface area contributed by atoms with Gasteiger partial charge in [0.05, 0.1) is 24.5 Å². The smallest absolute Gasteiger partial charge is 0.168 e. The van der Waals surface area contributed by atoms with E-state index in [9.17, 15) is 5.26 Å². The van der Waals surface area contributed by atoms with Crippen LogP contribution in [0.1, 0.15) is 36.8 Å². The van der Waals surface area contributed by atoms with Gasteiger partial charge in [-0.05, 0) is 31.4 Å². The normalized spacial score (nSPS) is 21.8. The number of nitriles is 1. The molecule has 0 bridgehead atoms. The molecule has 0 radical (unpaired) electrons. The maximum absolute atomic E-state index is 9.27. The molecule has 4 nitrogen and oxygen atoms in total. The minimum absolute atomic E-state index is 0.317. The van der Waals surface area contributed by atoms with E-state index >= 15 is 0 Å². The Morgan fingerprint density at radius 1 is 1.25 bits per heavy atom. The van der Waals surface area contributed by atoms with Crippen molar-refractivity contribution in [1.29, 1.82) is 5.26 Å². The third kappa shape index (κ3) is 2.52. The molecule has 0 aromatic heterocycles. The van der Waals surface area contributed by atoms with E-state index < -0.39 is 0 Å². The van der Waals surface area contributed by atoms with Crippen LogP contribution in [-0.4, -0.2) is 25.0 Å². The Kier molecular flexibility index (Phi) is 3.64. The zero-order chi connectivity index (χ0) is 14.0. The topological polar surface area (TPSA) is 54.3 Å². The molecule has 20 heavy (non-hydrogen) atoms. The molecule has 1 saturated carbocycles. The fraction of sp³-hybridized carbons (Fsp3) is 0.562. The highest BCUT2D eigenvalue weighted by atomic mass is 16.7. The average molecular weight is 272 g/mol. The van der Waals surface area contributed by atoms with Crippen molar-refractivity contribution >= 4 is 5.69 Å². The van der Waals surface area contributed by atoms with E-state index in [0.717, 1.165) is 42.5 Å². The first-order valence-electron chi connectivity index (χ1n) is 7.27. The fourth-order valence-electron chi connectivity index (χ4n) is 3.14. The van der Waals surface area contributed by atoms with Crippen molar-refractivity contribution in [1.82, 2.24) is 0 Å². The highest BCUT2D eigenvalue weighted by Crippen LogP contribution is 2.37. The summed E-state index contributed by atoms with van der Waals surface area (Å²) in [6.45, 7) is 3.41. The first kappa shape index (κ1) is 13.4. The van der Waals surface area contributed by atoms with Crippen molar-refractivity contribution < 1.29 is 9.47 Å². The van der Waals surface area contributed by atoms with Gasteiger partial charge < -0.3 is 14.8 Å². The first-order valence-corrected chi connectivity index (χ1v) is 7.27. The molecule has 1 aliphatic carbocycles. The first-order chi connectivity index (χ1) is 9.72. The van der Waals surface area contributed by atoms with Crippen molar-refractivity contribution in [2.24, 2.45) is 0 Å². The minimum atomic E-state index is -0.317. The summed E-state index contributed by atoms with van der Waals surface area (Å²) in [5, 5.41) is 12.8. The molecular weight excluding hydrogens is 252 g/mol. The van der Waals surface area contributed by atoms with E-state index in [4.69, 9.17) is 9.47 Å². The van der Waals surface area contributed by atoms with Crippen LogP contribution in [0.2, 0.25) is 0 Å². The van der Waals surface area contributed by atoms with Crippen LogP contribution in [0.25, 0.3) is 0 Å². The van der Waals surface area contributed by atoms with Crippen LogP contribution in [0.4, 0.5) is 5.69 Å². The maximum atomic E-state index is 9.27. The Balaban J connectivity index is 1.65. The second kappa shape index (κ2) is 5.43. The molecule has 1 aromatic rings. The van der Waals surface area contributed by atoms with Crippen LogP contribution in [-0.2, 0) is 9.47 Å². The van der Waals surface area contributed by atoms with Crippen LogP contribution >= 0.6 is 0 Å². The lowest BCUT2D eigenvalue weighted by Crippen LogP contribution is -2.39. The predicted octanol–water partition coefficient (Wildman–Crippen LogP) is 2.96. The number of aryl methyl sites for hydroxylation is 1. The predicted molar refractivity (Wildman–Crippen MR) is 76.4 cm³/mol. The van der Waals surface area contributed by atoms with Crippen molar-refractivity contribution in [2.45, 2.75) is 44.4 Å². The standard InChI is InChI=1S/C16H20N2O2/c1-12-3-2-4-15(14(12)11-17)18-13-5-7-16(8-6-13)19-9-10-20-16/h2-4,13,18H,5-10H2,1H3. The lowest BCUT2D eigenvalue weighted by atomic mass is 9.89. The van der Waals surface area contributed by atoms with Gasteiger partial charge in [0.2, 0.25) is 0 Å². The highest BCUT2D eigenvalue weighted by Gasteiger charge is 2.40. The number of nitrogens with one attached hydrogen (secondary N) is 1. The van der Waals surface area contributed by atoms with Gasteiger partial charge in [0.15, 0.2) is 5.79 Å². The van der Waals surface area contributed by atoms with Gasteiger partial charge in [0, 0.05) is 18.9 Å². The van der Waals surface area contributed by atoms with Crippen molar-refractivity contribution in [3.8, 4) is 6.07 Å². The molecule has 106 valence electrons. The molecule has 1 aromatic carbocycles. The summed E-state index contributed by atoms with van der Waals surface area (Å²) >= 11 is 0. The van der Waals surface area contributed by atoms with Gasteiger partial charge in [-0.25, -0.2) is 0 Å². The molecule has 4 heteroatoms. The number of rotatable bonds is 2. The van der Waals surface area contributed by atoms with Gasteiger partial charge in [-0.3, -0.25) is 0 Å². The van der Waals surface area contributed by atoms with Gasteiger partial charge in [-0.1, -0.05) is 12.1 Å². The molecule has 0 unspecified atom stereocenters. The molecule has 0 amide bonds. The van der Waals surface area contributed by atoms with Crippen LogP contribution in [0.5, 0.6) is 0 Å². The van der Waals surface area contributed by atoms with Gasteiger partial charge in [-0.2, -0.15) is 5.26 Å². The number of ether oxygens (including phenoxy) is 2. The van der Waals surface area contributed by atoms with E-state index in [-0.39, 0.29) is 5.79 Å². The van der Waals surface area contributed by atoms with Gasteiger partial charge >= 0.3 is 0 Å². The Morgan fingerprint density at radius 3 is 2.60 bits per heavy atom. The number of hydrogen-bond donors (Lipinski definition) is 1. The quantitative estimate of drug-likeness (QED) is 0.899. The monoisotopic (exact) mass is 272 g/mol. The van der Waals surface area contributed by atoms with Gasteiger partial charge in [0.25, 0.3) is 0 Å². The highest BCUT2D eigenvalue weighted by molar-refractivity contribution is 5.61. The van der Waals surface area contributed by atoms with E-state index in [1.807, 2.05) is 25.1 Å². The van der Waals surface area contributed by atoms with Crippen molar-refractivity contribution in [3.63, 3.8) is 0 Å². The van der Waals surface area contributed by atoms with Crippen LogP contribution in [0.3, 0.4) is 0 Å². The Bertz CT molecular complexity index is 520. The third-order valence-corrected chi connectivity index (χ3v) is 4.31. The average Bonchev–Trinajstić information content (AvgIpc) is 2.90. The largest absolute Gasteiger partial charge is 0.381 e. The maximum Gasteiger partial charge on any atom is 0.168 e. The third-order valence-electron chi connectivity index (χ3n) is 4.31. The van der Waals surface area contributed by atoms with Gasteiger partial charge in [-0.15, -0.1) is 0 Å². The Hall–Kier alpha value is -1.57. The summed E-state index contributed by atoms with van der Waals surface area (Å²) in [5.41, 5.74) is 2.72. The van der Waals surface area contributed by atoms with Crippen molar-refractivity contribution in [2.75, 3.05) is 18.5 Å². The Labute approximate surface area is 119 Å². The summed E-state index contributed by atoms with van der Waals surface area (Å²) in [6.07, 6.45) is 3.88. The molecule has 0 atom stereocenters. The zero-order valence-corrected chi connectivity index (χ0v) is 11.8. The zero-order valence-electron chi connectivity index (χ0n) is 11.8. The minimum Gasteiger partial charge on any atom is -0.381 e. The molecule has 1 spiro atoms. The summed E-state index contributed by atoms with van der Waals surface area (Å²) in [5.74, 6) is -0.317. The summed E-state index contributed by atoms with van der Waals surface area (Å²) in [6, 6.07) is 8.63. The Morgan fingerprint density at radius 2 is 1.95 bits per heavy atom. The summed E-state index contributed by atoms with van der Waals surface area (Å²) < 4.78 is 11.5. The van der Waals surface area contributed by atoms with Crippen molar-refractivity contribution in [3.05, 3.63) is 29.3 Å². The molecule has 1 saturated heterocycles. The number of benzene rings is 1. The summed E-state index contributed by atoms with van der Waals surface area (Å²) in [4.78, 5) is 0. The van der Waals surface area contributed by atoms with Crippen LogP contribution in [0.15, 0.2) is 18.2 Å². The second-order valence-electron chi connectivity index (χ2n) is 5.64. The molecule has 2 fully saturated rings. The summed E-state index contributed by atoms with van der Waals surface area (Å²) in [7, 11) is 0. The lowest BCUT2D eigenvalue weighted by molar-refractivity contribution is -0.177. The number of nitrogens with zero attached hydrogens (tertiary/aromatic N) is 1. The van der Waals surface area contributed by atoms with Gasteiger partial charge in [0.1, 0.15) is 6.07 Å². The SMILES string of the molecule is Cc1cccc(NC2CCC3(CC2)OCCO3)c1C#N. The van der Waals surface area contributed by atoms with Crippen LogP contribution in [0, 0.1) is 18.3 Å². The van der Waals surface area contributed by atoms with E-state index in [0.29, 0.717) is 19.3 Å². The molecule has 1 aliphatic heterocycles. The fourth-order valence-corrected chi connectivity index (χ4v) is 3.14. The number of hydrogen-bond acceptors (Lipinski definition) is 4. The van der Waals surface area contributed by atoms with E-state index in [2.05, 4.69) is 11.4 Å². The number of anilines is 1. The van der Waals surface area contributed by atoms with E-state index in [1.165, 1.54) is 0 Å².